The highest BCUT2D eigenvalue weighted by Crippen LogP contribution is 2.35. The number of halogens is 6. The summed E-state index contributed by atoms with van der Waals surface area (Å²) in [6.07, 6.45) is -8.77. The lowest BCUT2D eigenvalue weighted by Gasteiger charge is -2.27. The van der Waals surface area contributed by atoms with Crippen molar-refractivity contribution < 1.29 is 74.5 Å². The number of hydrogen-bond donors (Lipinski definition) is 6. The highest BCUT2D eigenvalue weighted by molar-refractivity contribution is 6.05. The maximum Gasteiger partial charge on any atom is 0.455 e. The van der Waals surface area contributed by atoms with Gasteiger partial charge in [0.2, 0.25) is 23.6 Å². The van der Waals surface area contributed by atoms with Crippen molar-refractivity contribution in [1.29, 1.82) is 0 Å². The van der Waals surface area contributed by atoms with Crippen LogP contribution in [-0.2, 0) is 33.5 Å². The monoisotopic (exact) mass is 742 g/mol. The van der Waals surface area contributed by atoms with Gasteiger partial charge in [0.25, 0.3) is 5.91 Å². The van der Waals surface area contributed by atoms with Gasteiger partial charge in [-0.2, -0.15) is 22.0 Å². The summed E-state index contributed by atoms with van der Waals surface area (Å²) >= 11 is 0. The molecule has 22 heteroatoms. The molecule has 0 bridgehead atoms. The summed E-state index contributed by atoms with van der Waals surface area (Å²) in [7, 11) is 0. The van der Waals surface area contributed by atoms with Crippen LogP contribution in [0.25, 0.3) is 0 Å². The van der Waals surface area contributed by atoms with Gasteiger partial charge in [-0.05, 0) is 32.4 Å². The lowest BCUT2D eigenvalue weighted by atomic mass is 10.1. The molecule has 284 valence electrons. The highest BCUT2D eigenvalue weighted by Gasteiger charge is 2.57. The van der Waals surface area contributed by atoms with Gasteiger partial charge in [-0.3, -0.25) is 28.8 Å². The lowest BCUT2D eigenvalue weighted by molar-refractivity contribution is -0.278. The number of carbonyl (C=O) groups is 7. The molecule has 1 aromatic rings. The molecule has 51 heavy (non-hydrogen) atoms. The minimum Gasteiger partial charge on any atom is -0.486 e. The molecule has 1 aliphatic rings. The van der Waals surface area contributed by atoms with Crippen molar-refractivity contribution in [3.8, 4) is 5.75 Å². The summed E-state index contributed by atoms with van der Waals surface area (Å²) in [5.41, 5.74) is -0.146. The molecule has 0 aromatic heterocycles. The first-order valence-corrected chi connectivity index (χ1v) is 15.1. The number of alkyl halides is 5. The third-order valence-corrected chi connectivity index (χ3v) is 7.09. The molecule has 0 aliphatic carbocycles. The minimum atomic E-state index is -5.96. The van der Waals surface area contributed by atoms with Crippen molar-refractivity contribution in [3.05, 3.63) is 24.0 Å². The van der Waals surface area contributed by atoms with Gasteiger partial charge >= 0.3 is 24.2 Å². The van der Waals surface area contributed by atoms with Gasteiger partial charge in [0.1, 0.15) is 42.3 Å². The molecule has 1 aromatic carbocycles. The number of rotatable bonds is 16. The average molecular weight is 743 g/mol. The molecule has 1 heterocycles. The number of amides is 6. The summed E-state index contributed by atoms with van der Waals surface area (Å²) in [5, 5.41) is 19.4. The molecule has 4 atom stereocenters. The van der Waals surface area contributed by atoms with Gasteiger partial charge in [-0.1, -0.05) is 0 Å². The second-order valence-electron chi connectivity index (χ2n) is 11.1. The quantitative estimate of drug-likeness (QED) is 0.0786. The Morgan fingerprint density at radius 2 is 1.65 bits per heavy atom. The van der Waals surface area contributed by atoms with Crippen LogP contribution in [0.15, 0.2) is 18.2 Å². The zero-order valence-electron chi connectivity index (χ0n) is 27.3. The van der Waals surface area contributed by atoms with Crippen molar-refractivity contribution in [2.75, 3.05) is 37.7 Å². The van der Waals surface area contributed by atoms with E-state index in [0.717, 1.165) is 30.9 Å². The van der Waals surface area contributed by atoms with Crippen molar-refractivity contribution in [1.82, 2.24) is 26.6 Å². The molecular formula is C29H36F6N6O10. The number of carboxylic acids is 1. The van der Waals surface area contributed by atoms with Crippen molar-refractivity contribution in [2.45, 2.75) is 63.9 Å². The fraction of sp³-hybridized carbons (Fsp3) is 0.552. The third-order valence-electron chi connectivity index (χ3n) is 7.09. The molecule has 6 amide bonds. The molecule has 16 nitrogen and oxygen atoms in total. The molecule has 0 spiro atoms. The van der Waals surface area contributed by atoms with Crippen LogP contribution < -0.4 is 36.2 Å². The second kappa shape index (κ2) is 18.1. The van der Waals surface area contributed by atoms with Crippen LogP contribution in [0.4, 0.5) is 36.8 Å². The zero-order valence-corrected chi connectivity index (χ0v) is 27.3. The summed E-state index contributed by atoms with van der Waals surface area (Å²) in [6, 6.07) is 0.330. The van der Waals surface area contributed by atoms with Crippen LogP contribution in [0, 0.1) is 11.7 Å². The van der Waals surface area contributed by atoms with Crippen LogP contribution in [0.3, 0.4) is 0 Å². The van der Waals surface area contributed by atoms with Gasteiger partial charge < -0.3 is 46.1 Å². The lowest BCUT2D eigenvalue weighted by Crippen LogP contribution is -2.57. The van der Waals surface area contributed by atoms with Crippen molar-refractivity contribution in [3.63, 3.8) is 0 Å². The number of carboxylic acid groups (broad SMARTS) is 1. The predicted octanol–water partition coefficient (Wildman–Crippen LogP) is 0.586. The Bertz CT molecular complexity index is 1480. The molecule has 0 saturated carbocycles. The number of aliphatic carboxylic acids is 1. The first-order valence-electron chi connectivity index (χ1n) is 15.1. The second-order valence-corrected chi connectivity index (χ2v) is 11.1. The molecule has 1 aliphatic heterocycles. The van der Waals surface area contributed by atoms with E-state index in [1.54, 1.807) is 0 Å². The summed E-state index contributed by atoms with van der Waals surface area (Å²) in [6.45, 7) is -0.115. The number of hydrogen-bond acceptors (Lipinski definition) is 9. The van der Waals surface area contributed by atoms with E-state index in [9.17, 15) is 59.9 Å². The van der Waals surface area contributed by atoms with Gasteiger partial charge in [-0.15, -0.1) is 0 Å². The van der Waals surface area contributed by atoms with Crippen molar-refractivity contribution in [2.24, 2.45) is 5.92 Å². The summed E-state index contributed by atoms with van der Waals surface area (Å²) < 4.78 is 88.8. The first-order chi connectivity index (χ1) is 23.6. The van der Waals surface area contributed by atoms with Crippen LogP contribution in [-0.4, -0.2) is 110 Å². The molecule has 6 N–H and O–H groups in total. The number of nitrogens with one attached hydrogen (secondary N) is 5. The Morgan fingerprint density at radius 3 is 2.25 bits per heavy atom. The van der Waals surface area contributed by atoms with E-state index in [-0.39, 0.29) is 30.9 Å². The van der Waals surface area contributed by atoms with Gasteiger partial charge in [-0.25, -0.2) is 9.18 Å². The molecule has 0 unspecified atom stereocenters. The van der Waals surface area contributed by atoms with Crippen LogP contribution in [0.1, 0.15) is 33.6 Å². The highest BCUT2D eigenvalue weighted by atomic mass is 19.4. The van der Waals surface area contributed by atoms with Crippen LogP contribution in [0.2, 0.25) is 0 Å². The topological polar surface area (TPSA) is 222 Å². The largest absolute Gasteiger partial charge is 0.486 e. The standard InChI is InChI=1S/C29H36F6N6O10/c1-14(23(45)38-13-28(31,32)29(33,34)35)24(46)40-22-15(2)51-20-6-4-17(30)12-19(20)41(26(22)48)10-11-50-27(49)37-9-8-36-25(47)18(39-16(3)42)5-7-21(43)44/h4,6,12,14-15,18,22H,5,7-11,13H2,1-3H3,(H,36,47)(H,37,49)(H,38,45)(H,39,42)(H,40,46)(H,43,44)/t14-,15-,18+,22+/m1/s1. The Hall–Kier alpha value is -5.31. The van der Waals surface area contributed by atoms with Crippen molar-refractivity contribution >= 4 is 47.3 Å². The number of carbonyl (C=O) groups excluding carboxylic acids is 6. The van der Waals surface area contributed by atoms with E-state index in [1.165, 1.54) is 18.3 Å². The van der Waals surface area contributed by atoms with Gasteiger partial charge in [0.05, 0.1) is 18.8 Å². The number of benzene rings is 1. The third kappa shape index (κ3) is 12.5. The van der Waals surface area contributed by atoms with Gasteiger partial charge in [0, 0.05) is 32.5 Å². The predicted molar refractivity (Wildman–Crippen MR) is 161 cm³/mol. The van der Waals surface area contributed by atoms with Crippen LogP contribution in [0.5, 0.6) is 5.75 Å². The number of fused-ring (bicyclic) bond motifs is 1. The molecule has 0 radical (unpaired) electrons. The number of ether oxygens (including phenoxy) is 2. The first kappa shape index (κ1) is 41.9. The number of anilines is 1. The van der Waals surface area contributed by atoms with Crippen LogP contribution >= 0.6 is 0 Å². The normalized spacial score (nSPS) is 17.0. The fourth-order valence-electron chi connectivity index (χ4n) is 4.35. The molecule has 2 rings (SSSR count). The van der Waals surface area contributed by atoms with E-state index in [4.69, 9.17) is 14.6 Å². The Balaban J connectivity index is 2.02. The molecule has 0 saturated heterocycles. The van der Waals surface area contributed by atoms with E-state index >= 15 is 0 Å². The van der Waals surface area contributed by atoms with E-state index in [2.05, 4.69) is 21.3 Å². The SMILES string of the molecule is CC(=O)N[C@@H](CCC(=O)O)C(=O)NCCNC(=O)OCCN1C(=O)[C@@H](NC(=O)[C@H](C)C(=O)NCC(F)(F)C(F)(F)F)[C@@H](C)Oc2ccc(F)cc21. The minimum absolute atomic E-state index is 0.0460. The zero-order chi connectivity index (χ0) is 38.7. The van der Waals surface area contributed by atoms with E-state index in [0.29, 0.717) is 0 Å². The smallest absolute Gasteiger partial charge is 0.455 e. The Morgan fingerprint density at radius 1 is 1.00 bits per heavy atom. The summed E-state index contributed by atoms with van der Waals surface area (Å²) in [4.78, 5) is 86.2. The maximum atomic E-state index is 14.2. The molecule has 0 fully saturated rings. The average Bonchev–Trinajstić information content (AvgIpc) is 3.12. The Labute approximate surface area is 285 Å². The maximum absolute atomic E-state index is 14.2. The molecular weight excluding hydrogens is 706 g/mol. The van der Waals surface area contributed by atoms with E-state index in [1.807, 2.05) is 0 Å². The fourth-order valence-corrected chi connectivity index (χ4v) is 4.35. The number of nitrogens with zero attached hydrogens (tertiary/aromatic N) is 1. The Kier molecular flexibility index (Phi) is 14.8. The number of alkyl carbamates (subject to hydrolysis) is 1. The van der Waals surface area contributed by atoms with E-state index < -0.39 is 110 Å². The van der Waals surface area contributed by atoms with Gasteiger partial charge in [0.15, 0.2) is 0 Å². The summed E-state index contributed by atoms with van der Waals surface area (Å²) in [5.74, 6) is -14.2.